The lowest BCUT2D eigenvalue weighted by Crippen LogP contribution is -2.55. The van der Waals surface area contributed by atoms with Gasteiger partial charge in [-0.3, -0.25) is 18.7 Å². The Morgan fingerprint density at radius 2 is 0.777 bits per heavy atom. The van der Waals surface area contributed by atoms with Crippen LogP contribution in [0, 0.1) is 35.1 Å². The van der Waals surface area contributed by atoms with Gasteiger partial charge in [-0.05, 0) is 207 Å². The first-order valence-corrected chi connectivity index (χ1v) is 42.0. The molecular weight excluding hydrogens is 1370 g/mol. The van der Waals surface area contributed by atoms with Crippen LogP contribution in [0.15, 0.2) is 194 Å². The van der Waals surface area contributed by atoms with Gasteiger partial charge in [0.15, 0.2) is 16.6 Å². The highest BCUT2D eigenvalue weighted by Gasteiger charge is 2.52. The van der Waals surface area contributed by atoms with Gasteiger partial charge in [0.25, 0.3) is 0 Å². The largest absolute Gasteiger partial charge is 0.493 e. The summed E-state index contributed by atoms with van der Waals surface area (Å²) < 4.78 is 126. The highest BCUT2D eigenvalue weighted by molar-refractivity contribution is 7.79. The molecule has 103 heavy (non-hydrogen) atoms. The molecule has 0 spiro atoms. The zero-order valence-corrected chi connectivity index (χ0v) is 63.2. The molecule has 6 unspecified atom stereocenters. The number of nitrogens with two attached hydrogens (primary N) is 2. The van der Waals surface area contributed by atoms with Crippen molar-refractivity contribution in [2.75, 3.05) is 36.1 Å². The van der Waals surface area contributed by atoms with Crippen molar-refractivity contribution >= 4 is 50.2 Å². The van der Waals surface area contributed by atoms with Gasteiger partial charge < -0.3 is 49.1 Å². The number of nitrogens with zero attached hydrogens (tertiary/aromatic N) is 2. The number of β-lactam (4-membered cyclic amide) rings is 2. The molecule has 16 nitrogen and oxygen atoms in total. The minimum atomic E-state index is -4.67. The second kappa shape index (κ2) is 36.0. The van der Waals surface area contributed by atoms with Gasteiger partial charge in [0.1, 0.15) is 59.5 Å². The molecule has 0 saturated carbocycles. The van der Waals surface area contributed by atoms with Crippen molar-refractivity contribution in [1.82, 2.24) is 0 Å². The van der Waals surface area contributed by atoms with Crippen LogP contribution < -0.4 is 40.2 Å². The number of carbonyl (C=O) groups excluding carboxylic acids is 2. The zero-order valence-electron chi connectivity index (χ0n) is 60.4. The highest BCUT2D eigenvalue weighted by atomic mass is 32.3. The normalized spacial score (nSPS) is 16.8. The van der Waals surface area contributed by atoms with E-state index in [0.29, 0.717) is 112 Å². The zero-order chi connectivity index (χ0) is 74.9. The fraction of sp³-hybridized carbons (Fsp3) is 0.375. The van der Waals surface area contributed by atoms with Crippen molar-refractivity contribution < 1.29 is 72.5 Å². The van der Waals surface area contributed by atoms with Crippen LogP contribution in [-0.4, -0.2) is 72.3 Å². The molecule has 2 heterocycles. The van der Waals surface area contributed by atoms with Crippen molar-refractivity contribution in [1.29, 1.82) is 0 Å². The van der Waals surface area contributed by atoms with Gasteiger partial charge in [-0.2, -0.15) is 8.42 Å². The topological polar surface area (TPSA) is 223 Å². The summed E-state index contributed by atoms with van der Waals surface area (Å²) in [6, 6.07) is 55.4. The molecule has 0 radical (unpaired) electrons. The number of halogens is 4. The Bertz CT molecular complexity index is 3880. The van der Waals surface area contributed by atoms with E-state index in [0.717, 1.165) is 33.4 Å². The number of hydrogen-bond donors (Lipinski definition) is 4. The van der Waals surface area contributed by atoms with Gasteiger partial charge in [0, 0.05) is 34.6 Å². The van der Waals surface area contributed by atoms with E-state index in [1.165, 1.54) is 48.5 Å². The smallest absolute Gasteiger partial charge is 0.394 e. The summed E-state index contributed by atoms with van der Waals surface area (Å²) in [5.74, 6) is 0.227. The van der Waals surface area contributed by atoms with Crippen molar-refractivity contribution in [2.45, 2.75) is 154 Å². The van der Waals surface area contributed by atoms with E-state index in [1.807, 2.05) is 97.1 Å². The van der Waals surface area contributed by atoms with Gasteiger partial charge >= 0.3 is 10.4 Å². The average molecular weight is 1470 g/mol. The molecule has 8 aromatic carbocycles. The van der Waals surface area contributed by atoms with Crippen LogP contribution in [0.1, 0.15) is 138 Å². The predicted octanol–water partition coefficient (Wildman–Crippen LogP) is 18.4. The molecule has 0 aliphatic carbocycles. The molecule has 23 heteroatoms. The third kappa shape index (κ3) is 22.4. The summed E-state index contributed by atoms with van der Waals surface area (Å²) in [5, 5.41) is -0.0864. The predicted molar refractivity (Wildman–Crippen MR) is 400 cm³/mol. The van der Waals surface area contributed by atoms with Crippen molar-refractivity contribution in [3.05, 3.63) is 251 Å². The number of anilines is 2. The quantitative estimate of drug-likeness (QED) is 0.0108. The maximum absolute atomic E-state index is 14.1. The molecule has 2 aliphatic rings. The van der Waals surface area contributed by atoms with Crippen LogP contribution in [0.4, 0.5) is 28.9 Å². The van der Waals surface area contributed by atoms with Crippen LogP contribution >= 0.6 is 0 Å². The summed E-state index contributed by atoms with van der Waals surface area (Å²) in [5.41, 5.74) is 18.0. The Labute approximate surface area is 606 Å². The van der Waals surface area contributed by atoms with Gasteiger partial charge in [-0.15, -0.1) is 0 Å². The Balaban J connectivity index is 0.000000245. The Hall–Kier alpha value is -8.24. The molecule has 2 saturated heterocycles. The van der Waals surface area contributed by atoms with Crippen LogP contribution in [0.3, 0.4) is 0 Å². The maximum atomic E-state index is 14.1. The minimum Gasteiger partial charge on any atom is -0.493 e. The molecule has 0 bridgehead atoms. The third-order valence-electron chi connectivity index (χ3n) is 19.4. The Morgan fingerprint density at radius 1 is 0.466 bits per heavy atom. The molecule has 2 fully saturated rings. The van der Waals surface area contributed by atoms with E-state index >= 15 is 0 Å². The molecular formula is C80H98F4N4O12SSi2. The van der Waals surface area contributed by atoms with Crippen LogP contribution in [-0.2, 0) is 42.1 Å². The van der Waals surface area contributed by atoms with Crippen molar-refractivity contribution in [3.8, 4) is 23.0 Å². The molecule has 6 N–H and O–H groups in total. The summed E-state index contributed by atoms with van der Waals surface area (Å²) in [6.45, 7) is 24.6. The monoisotopic (exact) mass is 1470 g/mol. The van der Waals surface area contributed by atoms with Gasteiger partial charge in [-0.1, -0.05) is 126 Å². The molecule has 6 atom stereocenters. The number of ether oxygens (including phenoxy) is 4. The number of benzene rings is 8. The molecule has 0 aromatic heterocycles. The second-order valence-electron chi connectivity index (χ2n) is 28.8. The standard InChI is InChI=1S/2C40H48F2N2O4Si.H2O4S/c2*1-40(2,3)49(4,5)48-36(29-12-14-30(41)15-13-29)23-22-35-38(44(39(35)45)32-18-16-31(42)17-19-32)34-21-20-33(46-25-9-24-43)26-37(34)47-27-28-10-7-6-8-11-28;1-5(2,3)4/h2*6-8,10-21,26,35-36,38H,9,22-25,27,43H2,1-5H3;(H2,1,2,3,4). The number of amides is 2. The third-order valence-corrected chi connectivity index (χ3v) is 28.4. The van der Waals surface area contributed by atoms with Gasteiger partial charge in [0.05, 0.1) is 49.3 Å². The fourth-order valence-corrected chi connectivity index (χ4v) is 14.4. The maximum Gasteiger partial charge on any atom is 0.394 e. The lowest BCUT2D eigenvalue weighted by atomic mass is 9.78. The lowest BCUT2D eigenvalue weighted by molar-refractivity contribution is -0.131. The number of carbonyl (C=O) groups is 2. The Morgan fingerprint density at radius 3 is 1.08 bits per heavy atom. The molecule has 2 amide bonds. The molecule has 8 aromatic rings. The SMILES string of the molecule is CC(C)(C)[Si](C)(C)OC(CCC1C(=O)N(c2ccc(F)cc2)C1c1ccc(OCCCN)cc1OCc1ccccc1)c1ccc(F)cc1.CC(C)(C)[Si](C)(C)OC(CCC1C(=O)N(c2ccc(F)cc2)C1c1ccc(OCCCN)cc1OCc1ccccc1)c1ccc(F)cc1.O=S(=O)(O)O. The van der Waals surface area contributed by atoms with E-state index in [9.17, 15) is 27.2 Å². The summed E-state index contributed by atoms with van der Waals surface area (Å²) in [6.07, 6.45) is 2.95. The first-order chi connectivity index (χ1) is 48.7. The van der Waals surface area contributed by atoms with Gasteiger partial charge in [-0.25, -0.2) is 17.6 Å². The summed E-state index contributed by atoms with van der Waals surface area (Å²) in [4.78, 5) is 31.6. The highest BCUT2D eigenvalue weighted by Crippen LogP contribution is 2.53. The molecule has 2 aliphatic heterocycles. The van der Waals surface area contributed by atoms with E-state index in [1.54, 1.807) is 58.3 Å². The number of hydrogen-bond acceptors (Lipinski definition) is 12. The van der Waals surface area contributed by atoms with E-state index < -0.39 is 38.9 Å². The summed E-state index contributed by atoms with van der Waals surface area (Å²) in [7, 11) is -9.14. The fourth-order valence-electron chi connectivity index (χ4n) is 11.8. The lowest BCUT2D eigenvalue weighted by Gasteiger charge is -2.48. The minimum absolute atomic E-state index is 0.0432. The first-order valence-electron chi connectivity index (χ1n) is 34.8. The summed E-state index contributed by atoms with van der Waals surface area (Å²) >= 11 is 0. The van der Waals surface area contributed by atoms with Gasteiger partial charge in [0.2, 0.25) is 11.8 Å². The van der Waals surface area contributed by atoms with Crippen LogP contribution in [0.2, 0.25) is 36.3 Å². The Kier molecular flexibility index (Phi) is 28.1. The van der Waals surface area contributed by atoms with E-state index in [-0.39, 0.29) is 69.5 Å². The van der Waals surface area contributed by atoms with Crippen LogP contribution in [0.5, 0.6) is 23.0 Å². The van der Waals surface area contributed by atoms with Crippen molar-refractivity contribution in [3.63, 3.8) is 0 Å². The van der Waals surface area contributed by atoms with Crippen LogP contribution in [0.25, 0.3) is 0 Å². The number of rotatable bonds is 30. The first kappa shape index (κ1) is 80.5. The molecule has 552 valence electrons. The van der Waals surface area contributed by atoms with Crippen molar-refractivity contribution in [2.24, 2.45) is 23.3 Å². The average Bonchev–Trinajstić information content (AvgIpc) is 0.739. The second-order valence-corrected chi connectivity index (χ2v) is 39.2. The molecule has 10 rings (SSSR count). The van der Waals surface area contributed by atoms with E-state index in [2.05, 4.69) is 67.7 Å². The van der Waals surface area contributed by atoms with E-state index in [4.69, 9.17) is 56.8 Å².